The second-order valence-electron chi connectivity index (χ2n) is 4.02. The molecule has 3 heterocycles. The molecule has 0 unspecified atom stereocenters. The molecule has 96 valence electrons. The van der Waals surface area contributed by atoms with Crippen LogP contribution in [0.25, 0.3) is 5.82 Å². The van der Waals surface area contributed by atoms with Crippen LogP contribution >= 0.6 is 0 Å². The van der Waals surface area contributed by atoms with Gasteiger partial charge in [-0.25, -0.2) is 0 Å². The molecule has 19 heavy (non-hydrogen) atoms. The Balaban J connectivity index is 1.95. The molecular weight excluding hydrogens is 244 g/mol. The van der Waals surface area contributed by atoms with E-state index in [9.17, 15) is 4.79 Å². The van der Waals surface area contributed by atoms with Crippen LogP contribution in [0.2, 0.25) is 0 Å². The van der Waals surface area contributed by atoms with E-state index in [1.165, 1.54) is 0 Å². The Morgan fingerprint density at radius 1 is 1.37 bits per heavy atom. The molecule has 0 bridgehead atoms. The Bertz CT molecular complexity index is 680. The van der Waals surface area contributed by atoms with Crippen molar-refractivity contribution in [3.63, 3.8) is 0 Å². The van der Waals surface area contributed by atoms with Crippen molar-refractivity contribution in [2.75, 3.05) is 5.32 Å². The molecule has 0 saturated heterocycles. The first-order valence-electron chi connectivity index (χ1n) is 5.72. The molecule has 0 fully saturated rings. The average molecular weight is 256 g/mol. The molecule has 0 aliphatic carbocycles. The van der Waals surface area contributed by atoms with Crippen molar-refractivity contribution in [2.24, 2.45) is 7.05 Å². The van der Waals surface area contributed by atoms with E-state index in [1.54, 1.807) is 30.2 Å². The van der Waals surface area contributed by atoms with Crippen molar-refractivity contribution in [3.8, 4) is 5.82 Å². The van der Waals surface area contributed by atoms with Crippen LogP contribution in [0.4, 0.5) is 5.82 Å². The molecular formula is C12H12N6O. The zero-order valence-corrected chi connectivity index (χ0v) is 10.2. The SMILES string of the molecule is Cn1ncc(C(=O)Nc2ccn[nH]2)c1-n1cccc1. The minimum atomic E-state index is -0.235. The number of aromatic nitrogens is 5. The summed E-state index contributed by atoms with van der Waals surface area (Å²) in [5, 5.41) is 13.3. The Kier molecular flexibility index (Phi) is 2.64. The fourth-order valence-corrected chi connectivity index (χ4v) is 1.89. The molecule has 0 spiro atoms. The van der Waals surface area contributed by atoms with Gasteiger partial charge in [-0.3, -0.25) is 14.6 Å². The zero-order chi connectivity index (χ0) is 13.2. The second kappa shape index (κ2) is 4.45. The van der Waals surface area contributed by atoms with Gasteiger partial charge >= 0.3 is 0 Å². The molecule has 2 N–H and O–H groups in total. The number of rotatable bonds is 3. The summed E-state index contributed by atoms with van der Waals surface area (Å²) in [4.78, 5) is 12.2. The number of anilines is 1. The van der Waals surface area contributed by atoms with Crippen LogP contribution in [-0.2, 0) is 7.05 Å². The summed E-state index contributed by atoms with van der Waals surface area (Å²) in [6.45, 7) is 0. The summed E-state index contributed by atoms with van der Waals surface area (Å²) < 4.78 is 3.50. The van der Waals surface area contributed by atoms with Gasteiger partial charge in [0.1, 0.15) is 17.2 Å². The lowest BCUT2D eigenvalue weighted by molar-refractivity contribution is 0.102. The standard InChI is InChI=1S/C12H12N6O/c1-17-12(18-6-2-3-7-18)9(8-14-17)11(19)15-10-4-5-13-16-10/h2-8H,1H3,(H2,13,15,16,19). The summed E-state index contributed by atoms with van der Waals surface area (Å²) in [7, 11) is 1.79. The number of nitrogens with one attached hydrogen (secondary N) is 2. The van der Waals surface area contributed by atoms with Gasteiger partial charge < -0.3 is 9.88 Å². The van der Waals surface area contributed by atoms with Crippen molar-refractivity contribution < 1.29 is 4.79 Å². The lowest BCUT2D eigenvalue weighted by Crippen LogP contribution is -2.15. The van der Waals surface area contributed by atoms with Crippen LogP contribution in [0.1, 0.15) is 10.4 Å². The first-order chi connectivity index (χ1) is 9.25. The summed E-state index contributed by atoms with van der Waals surface area (Å²) >= 11 is 0. The minimum absolute atomic E-state index is 0.235. The average Bonchev–Trinajstić information content (AvgIpc) is 3.08. The fraction of sp³-hybridized carbons (Fsp3) is 0.0833. The van der Waals surface area contributed by atoms with E-state index in [4.69, 9.17) is 0 Å². The van der Waals surface area contributed by atoms with Gasteiger partial charge in [0.25, 0.3) is 5.91 Å². The van der Waals surface area contributed by atoms with Crippen molar-refractivity contribution in [1.29, 1.82) is 0 Å². The van der Waals surface area contributed by atoms with Crippen LogP contribution in [-0.4, -0.2) is 30.5 Å². The Labute approximate surface area is 108 Å². The normalized spacial score (nSPS) is 10.6. The highest BCUT2D eigenvalue weighted by Crippen LogP contribution is 2.15. The number of amides is 1. The Morgan fingerprint density at radius 3 is 2.84 bits per heavy atom. The molecule has 7 nitrogen and oxygen atoms in total. The molecule has 0 atom stereocenters. The maximum atomic E-state index is 12.2. The maximum Gasteiger partial charge on any atom is 0.262 e. The van der Waals surface area contributed by atoms with Gasteiger partial charge in [-0.1, -0.05) is 0 Å². The Morgan fingerprint density at radius 2 is 2.16 bits per heavy atom. The van der Waals surface area contributed by atoms with Crippen molar-refractivity contribution >= 4 is 11.7 Å². The predicted octanol–water partition coefficient (Wildman–Crippen LogP) is 1.19. The molecule has 0 radical (unpaired) electrons. The predicted molar refractivity (Wildman–Crippen MR) is 69.1 cm³/mol. The van der Waals surface area contributed by atoms with Crippen LogP contribution in [0.15, 0.2) is 43.0 Å². The number of nitrogens with zero attached hydrogens (tertiary/aromatic N) is 4. The summed E-state index contributed by atoms with van der Waals surface area (Å²) in [6, 6.07) is 5.47. The lowest BCUT2D eigenvalue weighted by atomic mass is 10.3. The molecule has 0 aliphatic rings. The van der Waals surface area contributed by atoms with E-state index in [0.29, 0.717) is 17.2 Å². The summed E-state index contributed by atoms with van der Waals surface area (Å²) in [5.41, 5.74) is 0.494. The summed E-state index contributed by atoms with van der Waals surface area (Å²) in [6.07, 6.45) is 6.85. The number of carbonyl (C=O) groups is 1. The molecule has 3 rings (SSSR count). The number of aromatic amines is 1. The maximum absolute atomic E-state index is 12.2. The van der Waals surface area contributed by atoms with E-state index in [0.717, 1.165) is 0 Å². The van der Waals surface area contributed by atoms with Gasteiger partial charge in [0.05, 0.1) is 12.4 Å². The second-order valence-corrected chi connectivity index (χ2v) is 4.02. The topological polar surface area (TPSA) is 80.5 Å². The smallest absolute Gasteiger partial charge is 0.262 e. The molecule has 7 heteroatoms. The molecule has 0 aromatic carbocycles. The fourth-order valence-electron chi connectivity index (χ4n) is 1.89. The third kappa shape index (κ3) is 2.01. The van der Waals surface area contributed by atoms with E-state index in [2.05, 4.69) is 20.6 Å². The highest BCUT2D eigenvalue weighted by Gasteiger charge is 2.17. The van der Waals surface area contributed by atoms with Gasteiger partial charge in [-0.2, -0.15) is 10.2 Å². The van der Waals surface area contributed by atoms with Crippen LogP contribution in [0.5, 0.6) is 0 Å². The van der Waals surface area contributed by atoms with E-state index >= 15 is 0 Å². The van der Waals surface area contributed by atoms with Gasteiger partial charge in [-0.05, 0) is 12.1 Å². The summed E-state index contributed by atoms with van der Waals surface area (Å²) in [5.74, 6) is 1.02. The first-order valence-corrected chi connectivity index (χ1v) is 5.72. The number of H-pyrrole nitrogens is 1. The number of aryl methyl sites for hydroxylation is 1. The van der Waals surface area contributed by atoms with Crippen LogP contribution < -0.4 is 5.32 Å². The van der Waals surface area contributed by atoms with Crippen LogP contribution in [0.3, 0.4) is 0 Å². The van der Waals surface area contributed by atoms with Gasteiger partial charge in [0, 0.05) is 25.5 Å². The van der Waals surface area contributed by atoms with Crippen molar-refractivity contribution in [3.05, 3.63) is 48.5 Å². The van der Waals surface area contributed by atoms with Gasteiger partial charge in [-0.15, -0.1) is 0 Å². The minimum Gasteiger partial charge on any atom is -0.308 e. The van der Waals surface area contributed by atoms with Crippen molar-refractivity contribution in [2.45, 2.75) is 0 Å². The van der Waals surface area contributed by atoms with E-state index < -0.39 is 0 Å². The van der Waals surface area contributed by atoms with E-state index in [1.807, 2.05) is 29.1 Å². The highest BCUT2D eigenvalue weighted by atomic mass is 16.1. The lowest BCUT2D eigenvalue weighted by Gasteiger charge is -2.07. The third-order valence-corrected chi connectivity index (χ3v) is 2.75. The molecule has 3 aromatic heterocycles. The van der Waals surface area contributed by atoms with Crippen molar-refractivity contribution in [1.82, 2.24) is 24.5 Å². The van der Waals surface area contributed by atoms with Crippen LogP contribution in [0, 0.1) is 0 Å². The number of carbonyl (C=O) groups excluding carboxylic acids is 1. The first kappa shape index (κ1) is 11.3. The number of hydrogen-bond acceptors (Lipinski definition) is 3. The quantitative estimate of drug-likeness (QED) is 0.738. The molecule has 0 aliphatic heterocycles. The van der Waals surface area contributed by atoms with Gasteiger partial charge in [0.15, 0.2) is 0 Å². The monoisotopic (exact) mass is 256 g/mol. The molecule has 0 saturated carbocycles. The molecule has 3 aromatic rings. The third-order valence-electron chi connectivity index (χ3n) is 2.75. The Hall–Kier alpha value is -2.83. The largest absolute Gasteiger partial charge is 0.308 e. The zero-order valence-electron chi connectivity index (χ0n) is 10.2. The number of hydrogen-bond donors (Lipinski definition) is 2. The highest BCUT2D eigenvalue weighted by molar-refractivity contribution is 6.05. The molecule has 1 amide bonds. The van der Waals surface area contributed by atoms with Gasteiger partial charge in [0.2, 0.25) is 0 Å². The van der Waals surface area contributed by atoms with E-state index in [-0.39, 0.29) is 5.91 Å².